The van der Waals surface area contributed by atoms with Crippen LogP contribution in [-0.2, 0) is 33.3 Å². The molecular weight excluding hydrogens is 508 g/mol. The number of aliphatic hydroxyl groups excluding tert-OH is 2. The van der Waals surface area contributed by atoms with Crippen LogP contribution in [0.2, 0.25) is 0 Å². The lowest BCUT2D eigenvalue weighted by atomic mass is 9.67. The van der Waals surface area contributed by atoms with Gasteiger partial charge in [-0.15, -0.1) is 0 Å². The number of fused-ring (bicyclic) bond motifs is 3. The van der Waals surface area contributed by atoms with Gasteiger partial charge < -0.3 is 34.3 Å². The van der Waals surface area contributed by atoms with Gasteiger partial charge in [0.2, 0.25) is 5.79 Å². The molecule has 5 heterocycles. The third kappa shape index (κ3) is 2.92. The molecule has 7 aliphatic rings. The first-order chi connectivity index (χ1) is 18.1. The molecule has 2 saturated carbocycles. The van der Waals surface area contributed by atoms with Crippen molar-refractivity contribution in [3.05, 3.63) is 11.6 Å². The van der Waals surface area contributed by atoms with Crippen molar-refractivity contribution < 1.29 is 48.7 Å². The largest absolute Gasteiger partial charge is 0.453 e. The number of carbonyl (C=O) groups excluding carboxylic acids is 3. The molecule has 13 atom stereocenters. The first-order valence-electron chi connectivity index (χ1n) is 14.3. The highest BCUT2D eigenvalue weighted by molar-refractivity contribution is 5.93. The van der Waals surface area contributed by atoms with Gasteiger partial charge in [0.1, 0.15) is 23.9 Å². The topological polar surface area (TPSA) is 149 Å². The molecule has 2 spiro atoms. The van der Waals surface area contributed by atoms with Crippen molar-refractivity contribution in [3.8, 4) is 0 Å². The minimum Gasteiger partial charge on any atom is -0.453 e. The van der Waals surface area contributed by atoms with Gasteiger partial charge in [-0.05, 0) is 69.8 Å². The van der Waals surface area contributed by atoms with E-state index >= 15 is 0 Å². The number of cyclic esters (lactones) is 1. The molecule has 214 valence electrons. The summed E-state index contributed by atoms with van der Waals surface area (Å²) < 4.78 is 24.1. The Hall–Kier alpha value is -1.85. The minimum atomic E-state index is -2.15. The number of Topliss-reactive ketones (excluding diaryl/α,β-unsaturated/α-hetero) is 1. The number of rotatable bonds is 3. The number of carbonyl (C=O) groups is 3. The zero-order chi connectivity index (χ0) is 28.1. The maximum absolute atomic E-state index is 14.1. The molecule has 6 fully saturated rings. The Morgan fingerprint density at radius 1 is 1.10 bits per heavy atom. The monoisotopic (exact) mass is 546 g/mol. The van der Waals surface area contributed by atoms with Crippen molar-refractivity contribution in [2.24, 2.45) is 35.0 Å². The van der Waals surface area contributed by atoms with E-state index in [0.29, 0.717) is 24.8 Å². The van der Waals surface area contributed by atoms with Crippen molar-refractivity contribution in [1.29, 1.82) is 0 Å². The summed E-state index contributed by atoms with van der Waals surface area (Å²) in [4.78, 5) is 38.6. The average Bonchev–Trinajstić information content (AvgIpc) is 2.96. The van der Waals surface area contributed by atoms with E-state index in [2.05, 4.69) is 0 Å². The molecular formula is C29H38O10. The Kier molecular flexibility index (Phi) is 5.02. The second-order valence-electron chi connectivity index (χ2n) is 14.0. The average molecular weight is 547 g/mol. The maximum Gasteiger partial charge on any atom is 0.334 e. The summed E-state index contributed by atoms with van der Waals surface area (Å²) >= 11 is 0. The van der Waals surface area contributed by atoms with E-state index in [-0.39, 0.29) is 24.7 Å². The summed E-state index contributed by atoms with van der Waals surface area (Å²) in [6, 6.07) is 0. The summed E-state index contributed by atoms with van der Waals surface area (Å²) in [5.74, 6) is -5.88. The Morgan fingerprint density at radius 2 is 1.82 bits per heavy atom. The quantitative estimate of drug-likeness (QED) is 0.441. The van der Waals surface area contributed by atoms with Crippen molar-refractivity contribution in [2.45, 2.75) is 114 Å². The summed E-state index contributed by atoms with van der Waals surface area (Å²) in [6.45, 7) is 9.32. The molecule has 0 aromatic carbocycles. The Balaban J connectivity index is 1.24. The number of esters is 2. The SMILES string of the molecule is CC1=C[C@@H]([C@@H](O)[C@@H](C)[C@@H]2[C@H]3[C@]2(C)CC[C@@]24O[C@]3(O)C(=O)[C@@H]2CC[C@H]2C(C)(C)O[C@@H]3CC(=O)O[C@]32[C@H]4O)OC1=O. The normalized spacial score (nSPS) is 54.3. The highest BCUT2D eigenvalue weighted by Crippen LogP contribution is 2.75. The second kappa shape index (κ2) is 7.50. The second-order valence-corrected chi connectivity index (χ2v) is 14.0. The smallest absolute Gasteiger partial charge is 0.334 e. The van der Waals surface area contributed by atoms with Gasteiger partial charge >= 0.3 is 11.9 Å². The van der Waals surface area contributed by atoms with Gasteiger partial charge in [-0.2, -0.15) is 0 Å². The Morgan fingerprint density at radius 3 is 2.49 bits per heavy atom. The predicted molar refractivity (Wildman–Crippen MR) is 132 cm³/mol. The van der Waals surface area contributed by atoms with Gasteiger partial charge in [-0.1, -0.05) is 13.8 Å². The van der Waals surface area contributed by atoms with E-state index < -0.39 is 87.9 Å². The van der Waals surface area contributed by atoms with Crippen LogP contribution in [-0.4, -0.2) is 80.0 Å². The van der Waals surface area contributed by atoms with Crippen LogP contribution < -0.4 is 0 Å². The number of ketones is 1. The van der Waals surface area contributed by atoms with E-state index in [9.17, 15) is 29.7 Å². The van der Waals surface area contributed by atoms with E-state index in [1.54, 1.807) is 13.0 Å². The van der Waals surface area contributed by atoms with Crippen LogP contribution in [0.4, 0.5) is 0 Å². The molecule has 4 saturated heterocycles. The number of hydrogen-bond donors (Lipinski definition) is 3. The summed E-state index contributed by atoms with van der Waals surface area (Å²) in [5, 5.41) is 35.4. The van der Waals surface area contributed by atoms with Crippen LogP contribution in [0.25, 0.3) is 0 Å². The molecule has 2 bridgehead atoms. The summed E-state index contributed by atoms with van der Waals surface area (Å²) in [7, 11) is 0. The molecule has 3 N–H and O–H groups in total. The number of ether oxygens (including phenoxy) is 4. The van der Waals surface area contributed by atoms with Gasteiger partial charge in [0.25, 0.3) is 0 Å². The molecule has 0 amide bonds. The van der Waals surface area contributed by atoms with Crippen molar-refractivity contribution in [3.63, 3.8) is 0 Å². The van der Waals surface area contributed by atoms with Crippen LogP contribution >= 0.6 is 0 Å². The fraction of sp³-hybridized carbons (Fsp3) is 0.828. The van der Waals surface area contributed by atoms with Crippen LogP contribution in [0, 0.1) is 35.0 Å². The number of aliphatic hydroxyl groups is 3. The van der Waals surface area contributed by atoms with Gasteiger partial charge in [-0.3, -0.25) is 9.59 Å². The van der Waals surface area contributed by atoms with E-state index in [0.717, 1.165) is 0 Å². The first kappa shape index (κ1) is 26.1. The standard InChI is InChI=1S/C29H38O10/c1-12-10-15(36-23(12)33)20(31)13(2)19-21-26(19,5)8-9-27-14(22(32)29(21,35)39-27)6-7-16-25(3,4)37-17-11-18(30)38-28(16,17)24(27)34/h10,13-17,19-21,24,31,34-35H,6-9,11H2,1-5H3/t13-,14-,15-,16-,17+,19+,20-,21-,24-,26+,27+,28-,29-/m0/s1. The van der Waals surface area contributed by atoms with E-state index in [4.69, 9.17) is 18.9 Å². The molecule has 5 aliphatic heterocycles. The zero-order valence-electron chi connectivity index (χ0n) is 23.0. The molecule has 2 aliphatic carbocycles. The molecule has 0 aromatic heterocycles. The van der Waals surface area contributed by atoms with Crippen LogP contribution in [0.1, 0.15) is 66.7 Å². The third-order valence-corrected chi connectivity index (χ3v) is 11.8. The molecule has 7 rings (SSSR count). The Bertz CT molecular complexity index is 1210. The predicted octanol–water partition coefficient (Wildman–Crippen LogP) is 1.18. The van der Waals surface area contributed by atoms with Crippen molar-refractivity contribution in [2.75, 3.05) is 0 Å². The number of hydrogen-bond acceptors (Lipinski definition) is 10. The van der Waals surface area contributed by atoms with Gasteiger partial charge in [0.05, 0.1) is 24.0 Å². The first-order valence-corrected chi connectivity index (χ1v) is 14.3. The third-order valence-electron chi connectivity index (χ3n) is 11.8. The molecule has 39 heavy (non-hydrogen) atoms. The van der Waals surface area contributed by atoms with Crippen molar-refractivity contribution >= 4 is 17.7 Å². The fourth-order valence-electron chi connectivity index (χ4n) is 10.1. The van der Waals surface area contributed by atoms with Crippen LogP contribution in [0.5, 0.6) is 0 Å². The lowest BCUT2D eigenvalue weighted by Gasteiger charge is -2.45. The zero-order valence-corrected chi connectivity index (χ0v) is 23.0. The van der Waals surface area contributed by atoms with Crippen LogP contribution in [0.3, 0.4) is 0 Å². The highest BCUT2D eigenvalue weighted by atomic mass is 16.7. The lowest BCUT2D eigenvalue weighted by Crippen LogP contribution is -2.63. The Labute approximate surface area is 227 Å². The molecule has 10 heteroatoms. The summed E-state index contributed by atoms with van der Waals surface area (Å²) in [6.07, 6.45) is -0.517. The maximum atomic E-state index is 14.1. The lowest BCUT2D eigenvalue weighted by molar-refractivity contribution is -0.276. The van der Waals surface area contributed by atoms with Gasteiger partial charge in [-0.25, -0.2) is 4.79 Å². The minimum absolute atomic E-state index is 0.0213. The van der Waals surface area contributed by atoms with E-state index in [1.807, 2.05) is 27.7 Å². The van der Waals surface area contributed by atoms with Gasteiger partial charge in [0.15, 0.2) is 11.4 Å². The molecule has 10 nitrogen and oxygen atoms in total. The van der Waals surface area contributed by atoms with Gasteiger partial charge in [0, 0.05) is 17.4 Å². The summed E-state index contributed by atoms with van der Waals surface area (Å²) in [5.41, 5.74) is -3.56. The van der Waals surface area contributed by atoms with Crippen molar-refractivity contribution in [1.82, 2.24) is 0 Å². The fourth-order valence-corrected chi connectivity index (χ4v) is 10.1. The molecule has 0 unspecified atom stereocenters. The highest BCUT2D eigenvalue weighted by Gasteiger charge is 2.85. The molecule has 0 radical (unpaired) electrons. The molecule has 0 aromatic rings. The van der Waals surface area contributed by atoms with E-state index in [1.165, 1.54) is 0 Å². The van der Waals surface area contributed by atoms with Crippen LogP contribution in [0.15, 0.2) is 11.6 Å².